The Bertz CT molecular complexity index is 611. The number of nitrogens with one attached hydrogen (secondary N) is 2. The minimum Gasteiger partial charge on any atom is -0.384 e. The minimum atomic E-state index is -0.219. The molecule has 0 saturated carbocycles. The molecule has 2 rings (SSSR count). The number of rotatable bonds is 5. The lowest BCUT2D eigenvalue weighted by molar-refractivity contribution is 0.102. The molecule has 1 amide bonds. The Morgan fingerprint density at radius 1 is 1.24 bits per heavy atom. The molecule has 1 aromatic carbocycles. The number of anilines is 2. The van der Waals surface area contributed by atoms with Crippen molar-refractivity contribution < 1.29 is 4.79 Å². The molecule has 1 heterocycles. The van der Waals surface area contributed by atoms with Crippen LogP contribution in [-0.4, -0.2) is 17.4 Å². The van der Waals surface area contributed by atoms with Crippen LogP contribution >= 0.6 is 15.9 Å². The monoisotopic (exact) mass is 347 g/mol. The highest BCUT2D eigenvalue weighted by Crippen LogP contribution is 2.16. The lowest BCUT2D eigenvalue weighted by Gasteiger charge is -2.09. The van der Waals surface area contributed by atoms with Crippen LogP contribution in [0.2, 0.25) is 0 Å². The fraction of sp³-hybridized carbons (Fsp3) is 0.250. The Morgan fingerprint density at radius 2 is 2.05 bits per heavy atom. The zero-order chi connectivity index (χ0) is 15.2. The Balaban J connectivity index is 1.99. The fourth-order valence-electron chi connectivity index (χ4n) is 1.72. The van der Waals surface area contributed by atoms with Gasteiger partial charge < -0.3 is 10.6 Å². The van der Waals surface area contributed by atoms with Crippen molar-refractivity contribution in [2.45, 2.75) is 13.8 Å². The maximum atomic E-state index is 12.1. The van der Waals surface area contributed by atoms with E-state index in [2.05, 4.69) is 45.4 Å². The Hall–Kier alpha value is -1.88. The van der Waals surface area contributed by atoms with Gasteiger partial charge in [0.15, 0.2) is 0 Å². The van der Waals surface area contributed by atoms with Crippen LogP contribution in [0.15, 0.2) is 47.1 Å². The molecule has 0 radical (unpaired) electrons. The fourth-order valence-corrected chi connectivity index (χ4v) is 2.12. The van der Waals surface area contributed by atoms with E-state index in [9.17, 15) is 4.79 Å². The molecule has 1 aromatic heterocycles. The first-order valence-electron chi connectivity index (χ1n) is 6.81. The molecule has 0 aliphatic heterocycles. The third-order valence-electron chi connectivity index (χ3n) is 2.79. The maximum Gasteiger partial charge on any atom is 0.274 e. The zero-order valence-corrected chi connectivity index (χ0v) is 13.6. The highest BCUT2D eigenvalue weighted by atomic mass is 79.9. The number of halogens is 1. The second kappa shape index (κ2) is 7.22. The number of amides is 1. The van der Waals surface area contributed by atoms with E-state index >= 15 is 0 Å². The van der Waals surface area contributed by atoms with Crippen molar-refractivity contribution in [2.24, 2.45) is 5.92 Å². The smallest absolute Gasteiger partial charge is 0.274 e. The summed E-state index contributed by atoms with van der Waals surface area (Å²) in [6.45, 7) is 5.16. The highest BCUT2D eigenvalue weighted by molar-refractivity contribution is 9.10. The molecule has 0 aliphatic carbocycles. The molecule has 0 aliphatic rings. The van der Waals surface area contributed by atoms with E-state index in [0.717, 1.165) is 22.4 Å². The molecule has 0 spiro atoms. The standard InChI is InChI=1S/C16H18BrN3O/c1-11(2)9-18-14-6-7-15(19-10-14)16(21)20-13-5-3-4-12(17)8-13/h3-8,10-11,18H,9H2,1-2H3,(H,20,21). The average molecular weight is 348 g/mol. The van der Waals surface area contributed by atoms with Crippen LogP contribution in [-0.2, 0) is 0 Å². The largest absolute Gasteiger partial charge is 0.384 e. The number of nitrogens with zero attached hydrogens (tertiary/aromatic N) is 1. The van der Waals surface area contributed by atoms with Crippen LogP contribution in [0.5, 0.6) is 0 Å². The van der Waals surface area contributed by atoms with E-state index in [-0.39, 0.29) is 5.91 Å². The number of aromatic nitrogens is 1. The number of pyridine rings is 1. The summed E-state index contributed by atoms with van der Waals surface area (Å²) < 4.78 is 0.918. The summed E-state index contributed by atoms with van der Waals surface area (Å²) in [6, 6.07) is 11.0. The number of hydrogen-bond acceptors (Lipinski definition) is 3. The van der Waals surface area contributed by atoms with Gasteiger partial charge in [0.25, 0.3) is 5.91 Å². The molecular weight excluding hydrogens is 330 g/mol. The van der Waals surface area contributed by atoms with E-state index in [1.165, 1.54) is 0 Å². The number of carbonyl (C=O) groups excluding carboxylic acids is 1. The molecule has 21 heavy (non-hydrogen) atoms. The van der Waals surface area contributed by atoms with Crippen LogP contribution in [0, 0.1) is 5.92 Å². The molecule has 0 saturated heterocycles. The van der Waals surface area contributed by atoms with Gasteiger partial charge in [-0.15, -0.1) is 0 Å². The summed E-state index contributed by atoms with van der Waals surface area (Å²) in [4.78, 5) is 16.3. The number of carbonyl (C=O) groups is 1. The Kier molecular flexibility index (Phi) is 5.33. The molecule has 0 atom stereocenters. The van der Waals surface area contributed by atoms with Crippen LogP contribution < -0.4 is 10.6 Å². The molecule has 4 nitrogen and oxygen atoms in total. The molecule has 0 fully saturated rings. The SMILES string of the molecule is CC(C)CNc1ccc(C(=O)Nc2cccc(Br)c2)nc1. The van der Waals surface area contributed by atoms with Gasteiger partial charge in [0, 0.05) is 16.7 Å². The van der Waals surface area contributed by atoms with Gasteiger partial charge in [0.1, 0.15) is 5.69 Å². The average Bonchev–Trinajstić information content (AvgIpc) is 2.45. The van der Waals surface area contributed by atoms with Gasteiger partial charge in [0.05, 0.1) is 11.9 Å². The first kappa shape index (κ1) is 15.5. The van der Waals surface area contributed by atoms with Gasteiger partial charge in [-0.2, -0.15) is 0 Å². The first-order valence-corrected chi connectivity index (χ1v) is 7.61. The molecule has 5 heteroatoms. The van der Waals surface area contributed by atoms with E-state index < -0.39 is 0 Å². The lowest BCUT2D eigenvalue weighted by atomic mass is 10.2. The van der Waals surface area contributed by atoms with Crippen LogP contribution in [0.25, 0.3) is 0 Å². The molecule has 2 aromatic rings. The summed E-state index contributed by atoms with van der Waals surface area (Å²) in [7, 11) is 0. The van der Waals surface area contributed by atoms with Gasteiger partial charge in [0.2, 0.25) is 0 Å². The lowest BCUT2D eigenvalue weighted by Crippen LogP contribution is -2.14. The third-order valence-corrected chi connectivity index (χ3v) is 3.29. The second-order valence-electron chi connectivity index (χ2n) is 5.17. The summed E-state index contributed by atoms with van der Waals surface area (Å²) in [5, 5.41) is 6.08. The van der Waals surface area contributed by atoms with Crippen LogP contribution in [0.1, 0.15) is 24.3 Å². The maximum absolute atomic E-state index is 12.1. The van der Waals surface area contributed by atoms with E-state index in [1.54, 1.807) is 12.3 Å². The zero-order valence-electron chi connectivity index (χ0n) is 12.1. The molecular formula is C16H18BrN3O. The van der Waals surface area contributed by atoms with Crippen molar-refractivity contribution >= 4 is 33.2 Å². The van der Waals surface area contributed by atoms with Crippen LogP contribution in [0.4, 0.5) is 11.4 Å². The van der Waals surface area contributed by atoms with Crippen molar-refractivity contribution in [1.29, 1.82) is 0 Å². The number of hydrogen-bond donors (Lipinski definition) is 2. The van der Waals surface area contributed by atoms with Gasteiger partial charge in [-0.3, -0.25) is 4.79 Å². The van der Waals surface area contributed by atoms with Gasteiger partial charge in [-0.25, -0.2) is 4.98 Å². The summed E-state index contributed by atoms with van der Waals surface area (Å²) in [6.07, 6.45) is 1.68. The first-order chi connectivity index (χ1) is 10.0. The van der Waals surface area contributed by atoms with Gasteiger partial charge >= 0.3 is 0 Å². The molecule has 2 N–H and O–H groups in total. The predicted molar refractivity (Wildman–Crippen MR) is 89.7 cm³/mol. The van der Waals surface area contributed by atoms with Crippen molar-refractivity contribution in [3.63, 3.8) is 0 Å². The van der Waals surface area contributed by atoms with E-state index in [4.69, 9.17) is 0 Å². The second-order valence-corrected chi connectivity index (χ2v) is 6.09. The topological polar surface area (TPSA) is 54.0 Å². The summed E-state index contributed by atoms with van der Waals surface area (Å²) in [5.41, 5.74) is 2.05. The number of benzene rings is 1. The van der Waals surface area contributed by atoms with Gasteiger partial charge in [-0.05, 0) is 36.2 Å². The summed E-state index contributed by atoms with van der Waals surface area (Å²) >= 11 is 3.37. The minimum absolute atomic E-state index is 0.219. The highest BCUT2D eigenvalue weighted by Gasteiger charge is 2.08. The van der Waals surface area contributed by atoms with Crippen molar-refractivity contribution in [3.8, 4) is 0 Å². The Labute approximate surface area is 133 Å². The van der Waals surface area contributed by atoms with E-state index in [1.807, 2.05) is 30.3 Å². The Morgan fingerprint density at radius 3 is 2.67 bits per heavy atom. The quantitative estimate of drug-likeness (QED) is 0.853. The van der Waals surface area contributed by atoms with Gasteiger partial charge in [-0.1, -0.05) is 35.8 Å². The molecule has 0 unspecified atom stereocenters. The van der Waals surface area contributed by atoms with Crippen LogP contribution in [0.3, 0.4) is 0 Å². The third kappa shape index (κ3) is 4.86. The predicted octanol–water partition coefficient (Wildman–Crippen LogP) is 4.16. The normalized spacial score (nSPS) is 10.5. The molecule has 110 valence electrons. The van der Waals surface area contributed by atoms with Crippen molar-refractivity contribution in [1.82, 2.24) is 4.98 Å². The van der Waals surface area contributed by atoms with E-state index in [0.29, 0.717) is 11.6 Å². The van der Waals surface area contributed by atoms with Crippen molar-refractivity contribution in [2.75, 3.05) is 17.2 Å². The summed E-state index contributed by atoms with van der Waals surface area (Å²) in [5.74, 6) is 0.341. The molecule has 0 bridgehead atoms. The van der Waals surface area contributed by atoms with Crippen molar-refractivity contribution in [3.05, 3.63) is 52.8 Å².